The van der Waals surface area contributed by atoms with Gasteiger partial charge in [0.05, 0.1) is 5.69 Å². The highest BCUT2D eigenvalue weighted by atomic mass is 16.5. The minimum absolute atomic E-state index is 0.104. The molecule has 2 aromatic rings. The van der Waals surface area contributed by atoms with E-state index in [9.17, 15) is 4.79 Å². The van der Waals surface area contributed by atoms with Crippen LogP contribution in [-0.4, -0.2) is 14.9 Å². The van der Waals surface area contributed by atoms with Gasteiger partial charge in [-0.1, -0.05) is 0 Å². The largest absolute Gasteiger partial charge is 0.480 e. The average Bonchev–Trinajstić information content (AvgIpc) is 2.73. The molecule has 1 N–H and O–H groups in total. The second-order valence-corrected chi connectivity index (χ2v) is 3.50. The third-order valence-corrected chi connectivity index (χ3v) is 2.15. The van der Waals surface area contributed by atoms with Crippen molar-refractivity contribution in [2.45, 2.75) is 13.2 Å². The summed E-state index contributed by atoms with van der Waals surface area (Å²) in [6.45, 7) is -0.111. The first-order chi connectivity index (χ1) is 8.19. The van der Waals surface area contributed by atoms with Crippen molar-refractivity contribution >= 4 is 0 Å². The first-order valence-corrected chi connectivity index (χ1v) is 5.03. The van der Waals surface area contributed by atoms with Gasteiger partial charge in [-0.05, 0) is 6.07 Å². The lowest BCUT2D eigenvalue weighted by Gasteiger charge is -2.03. The van der Waals surface area contributed by atoms with Crippen LogP contribution in [0.15, 0.2) is 33.8 Å². The monoisotopic (exact) mass is 236 g/mol. The second kappa shape index (κ2) is 4.84. The molecule has 0 atom stereocenters. The summed E-state index contributed by atoms with van der Waals surface area (Å²) in [6.07, 6.45) is 2.98. The van der Waals surface area contributed by atoms with Gasteiger partial charge < -0.3 is 14.3 Å². The first-order valence-electron chi connectivity index (χ1n) is 5.03. The molecule has 0 aliphatic carbocycles. The molecule has 0 bridgehead atoms. The topological polar surface area (TPSA) is 77.5 Å². The molecular weight excluding hydrogens is 224 g/mol. The van der Waals surface area contributed by atoms with Crippen LogP contribution in [-0.2, 0) is 20.3 Å². The summed E-state index contributed by atoms with van der Waals surface area (Å²) in [4.78, 5) is 11.5. The van der Waals surface area contributed by atoms with E-state index in [1.54, 1.807) is 24.0 Å². The van der Waals surface area contributed by atoms with Crippen molar-refractivity contribution in [3.05, 3.63) is 46.3 Å². The normalized spacial score (nSPS) is 10.5. The molecule has 0 amide bonds. The standard InChI is InChI=1S/C11H12N2O4/c1-13-3-2-8(12-13)6-17-11-7-16-9(5-14)4-10(11)15/h2-4,7,14H,5-6H2,1H3. The van der Waals surface area contributed by atoms with Gasteiger partial charge in [0.1, 0.15) is 25.2 Å². The van der Waals surface area contributed by atoms with Gasteiger partial charge in [0.25, 0.3) is 0 Å². The van der Waals surface area contributed by atoms with E-state index in [1.165, 1.54) is 12.3 Å². The molecule has 0 aromatic carbocycles. The van der Waals surface area contributed by atoms with Gasteiger partial charge >= 0.3 is 0 Å². The number of aliphatic hydroxyl groups is 1. The Bertz CT molecular complexity index is 559. The van der Waals surface area contributed by atoms with E-state index in [2.05, 4.69) is 5.10 Å². The SMILES string of the molecule is Cn1ccc(COc2coc(CO)cc2=O)n1. The number of nitrogens with zero attached hydrogens (tertiary/aromatic N) is 2. The molecular formula is C11H12N2O4. The smallest absolute Gasteiger partial charge is 0.227 e. The number of ether oxygens (including phenoxy) is 1. The molecule has 6 nitrogen and oxygen atoms in total. The molecule has 2 heterocycles. The zero-order valence-corrected chi connectivity index (χ0v) is 9.29. The van der Waals surface area contributed by atoms with E-state index >= 15 is 0 Å². The third-order valence-electron chi connectivity index (χ3n) is 2.15. The van der Waals surface area contributed by atoms with Crippen LogP contribution in [0.25, 0.3) is 0 Å². The number of aromatic nitrogens is 2. The van der Waals surface area contributed by atoms with Crippen molar-refractivity contribution in [2.75, 3.05) is 0 Å². The number of hydrogen-bond acceptors (Lipinski definition) is 5. The Kier molecular flexibility index (Phi) is 3.24. The Labute approximate surface area is 97.1 Å². The van der Waals surface area contributed by atoms with Gasteiger partial charge in [-0.15, -0.1) is 0 Å². The lowest BCUT2D eigenvalue weighted by molar-refractivity contribution is 0.235. The quantitative estimate of drug-likeness (QED) is 0.833. The van der Waals surface area contributed by atoms with E-state index in [-0.39, 0.29) is 30.2 Å². The van der Waals surface area contributed by atoms with E-state index in [0.717, 1.165) is 5.69 Å². The van der Waals surface area contributed by atoms with Crippen LogP contribution in [0.5, 0.6) is 5.75 Å². The summed E-state index contributed by atoms with van der Waals surface area (Å²) < 4.78 is 11.9. The maximum absolute atomic E-state index is 11.5. The summed E-state index contributed by atoms with van der Waals surface area (Å²) in [5, 5.41) is 12.9. The zero-order chi connectivity index (χ0) is 12.3. The maximum Gasteiger partial charge on any atom is 0.227 e. The van der Waals surface area contributed by atoms with Gasteiger partial charge in [0.2, 0.25) is 11.2 Å². The van der Waals surface area contributed by atoms with Crippen LogP contribution < -0.4 is 10.2 Å². The van der Waals surface area contributed by atoms with Crippen LogP contribution in [0.3, 0.4) is 0 Å². The summed E-state index contributed by atoms with van der Waals surface area (Å²) in [7, 11) is 1.80. The van der Waals surface area contributed by atoms with Crippen LogP contribution in [0.1, 0.15) is 11.5 Å². The van der Waals surface area contributed by atoms with Gasteiger partial charge in [-0.3, -0.25) is 9.48 Å². The summed E-state index contributed by atoms with van der Waals surface area (Å²) in [5.41, 5.74) is 0.398. The molecule has 0 saturated carbocycles. The predicted molar refractivity (Wildman–Crippen MR) is 58.4 cm³/mol. The molecule has 90 valence electrons. The van der Waals surface area contributed by atoms with Crippen molar-refractivity contribution in [1.29, 1.82) is 0 Å². The number of aliphatic hydroxyl groups excluding tert-OH is 1. The Morgan fingerprint density at radius 1 is 1.59 bits per heavy atom. The van der Waals surface area contributed by atoms with E-state index in [1.807, 2.05) is 0 Å². The Morgan fingerprint density at radius 2 is 2.41 bits per heavy atom. The fraction of sp³-hybridized carbons (Fsp3) is 0.273. The molecule has 0 fully saturated rings. The fourth-order valence-electron chi connectivity index (χ4n) is 1.32. The Hall–Kier alpha value is -2.08. The van der Waals surface area contributed by atoms with Crippen molar-refractivity contribution in [1.82, 2.24) is 9.78 Å². The lowest BCUT2D eigenvalue weighted by atomic mass is 10.4. The predicted octanol–water partition coefficient (Wildman–Crippen LogP) is 0.445. The molecule has 2 aromatic heterocycles. The van der Waals surface area contributed by atoms with Crippen molar-refractivity contribution in [3.63, 3.8) is 0 Å². The van der Waals surface area contributed by atoms with E-state index in [4.69, 9.17) is 14.3 Å². The van der Waals surface area contributed by atoms with Crippen LogP contribution in [0.4, 0.5) is 0 Å². The highest BCUT2D eigenvalue weighted by Crippen LogP contribution is 2.08. The fourth-order valence-corrected chi connectivity index (χ4v) is 1.32. The van der Waals surface area contributed by atoms with Crippen LogP contribution in [0.2, 0.25) is 0 Å². The highest BCUT2D eigenvalue weighted by molar-refractivity contribution is 5.17. The molecule has 0 spiro atoms. The van der Waals surface area contributed by atoms with E-state index in [0.29, 0.717) is 0 Å². The summed E-state index contributed by atoms with van der Waals surface area (Å²) in [6, 6.07) is 3.00. The van der Waals surface area contributed by atoms with Gasteiger partial charge in [0.15, 0.2) is 0 Å². The number of aryl methyl sites for hydroxylation is 1. The molecule has 2 rings (SSSR count). The molecule has 0 aliphatic rings. The number of rotatable bonds is 4. The Morgan fingerprint density at radius 3 is 3.00 bits per heavy atom. The molecule has 0 aliphatic heterocycles. The average molecular weight is 236 g/mol. The maximum atomic E-state index is 11.5. The molecule has 0 saturated heterocycles. The van der Waals surface area contributed by atoms with Crippen molar-refractivity contribution < 1.29 is 14.3 Å². The van der Waals surface area contributed by atoms with Crippen LogP contribution in [0, 0.1) is 0 Å². The molecule has 0 radical (unpaired) electrons. The van der Waals surface area contributed by atoms with Gasteiger partial charge in [-0.25, -0.2) is 0 Å². The third kappa shape index (κ3) is 2.73. The zero-order valence-electron chi connectivity index (χ0n) is 9.29. The minimum atomic E-state index is -0.323. The van der Waals surface area contributed by atoms with Crippen molar-refractivity contribution in [3.8, 4) is 5.75 Å². The lowest BCUT2D eigenvalue weighted by Crippen LogP contribution is -2.08. The highest BCUT2D eigenvalue weighted by Gasteiger charge is 2.05. The van der Waals surface area contributed by atoms with E-state index < -0.39 is 0 Å². The number of hydrogen-bond donors (Lipinski definition) is 1. The van der Waals surface area contributed by atoms with Gasteiger partial charge in [0, 0.05) is 19.3 Å². The first kappa shape index (κ1) is 11.4. The van der Waals surface area contributed by atoms with Gasteiger partial charge in [-0.2, -0.15) is 5.10 Å². The minimum Gasteiger partial charge on any atom is -0.480 e. The molecule has 17 heavy (non-hydrogen) atoms. The Balaban J connectivity index is 2.06. The van der Waals surface area contributed by atoms with Crippen molar-refractivity contribution in [2.24, 2.45) is 7.05 Å². The van der Waals surface area contributed by atoms with Crippen LogP contribution >= 0.6 is 0 Å². The molecule has 0 unspecified atom stereocenters. The summed E-state index contributed by atoms with van der Waals surface area (Å²) in [5.74, 6) is 0.313. The summed E-state index contributed by atoms with van der Waals surface area (Å²) >= 11 is 0. The molecule has 6 heteroatoms. The second-order valence-electron chi connectivity index (χ2n) is 3.50.